The van der Waals surface area contributed by atoms with Crippen LogP contribution in [0.3, 0.4) is 0 Å². The molecular formula is C17H25N7O2S. The van der Waals surface area contributed by atoms with Crippen molar-refractivity contribution in [1.82, 2.24) is 9.97 Å². The summed E-state index contributed by atoms with van der Waals surface area (Å²) in [6, 6.07) is -0.700. The van der Waals surface area contributed by atoms with Gasteiger partial charge >= 0.3 is 0 Å². The fourth-order valence-corrected chi connectivity index (χ4v) is 2.77. The molecule has 0 saturated heterocycles. The predicted molar refractivity (Wildman–Crippen MR) is 108 cm³/mol. The normalized spacial score (nSPS) is 14.9. The number of rotatable bonds is 8. The molecule has 1 unspecified atom stereocenters. The quantitative estimate of drug-likeness (QED) is 0.331. The first-order chi connectivity index (χ1) is 12.5. The van der Waals surface area contributed by atoms with Gasteiger partial charge in [-0.25, -0.2) is 9.97 Å². The number of thiocarbonyl (C=S) groups is 1. The smallest absolute Gasteiger partial charge is 0.271 e. The number of nitrogens with two attached hydrogens (primary N) is 2. The van der Waals surface area contributed by atoms with Crippen molar-refractivity contribution in [2.75, 3.05) is 10.6 Å². The Morgan fingerprint density at radius 3 is 2.48 bits per heavy atom. The molecule has 0 aromatic carbocycles. The topological polar surface area (TPSA) is 160 Å². The molecule has 0 aliphatic heterocycles. The van der Waals surface area contributed by atoms with E-state index in [0.29, 0.717) is 16.6 Å². The third kappa shape index (κ3) is 5.68. The third-order valence-corrected chi connectivity index (χ3v) is 4.37. The summed E-state index contributed by atoms with van der Waals surface area (Å²) in [5, 5.41) is 13.8. The van der Waals surface area contributed by atoms with Crippen LogP contribution in [0.15, 0.2) is 6.20 Å². The largest absolute Gasteiger partial charge is 0.368 e. The Labute approximate surface area is 163 Å². The van der Waals surface area contributed by atoms with Crippen molar-refractivity contribution >= 4 is 46.4 Å². The van der Waals surface area contributed by atoms with Crippen LogP contribution in [0.4, 0.5) is 11.6 Å². The summed E-state index contributed by atoms with van der Waals surface area (Å²) in [6.45, 7) is 5.58. The number of hydrogen-bond acceptors (Lipinski definition) is 7. The van der Waals surface area contributed by atoms with Gasteiger partial charge in [-0.2, -0.15) is 0 Å². The molecule has 1 aromatic rings. The molecule has 27 heavy (non-hydrogen) atoms. The third-order valence-electron chi connectivity index (χ3n) is 4.13. The van der Waals surface area contributed by atoms with E-state index in [2.05, 4.69) is 20.6 Å². The van der Waals surface area contributed by atoms with Gasteiger partial charge in [0, 0.05) is 12.1 Å². The van der Waals surface area contributed by atoms with E-state index in [1.54, 1.807) is 0 Å². The van der Waals surface area contributed by atoms with Gasteiger partial charge in [0.15, 0.2) is 11.5 Å². The minimum Gasteiger partial charge on any atom is -0.368 e. The molecule has 1 saturated carbocycles. The van der Waals surface area contributed by atoms with E-state index < -0.39 is 23.3 Å². The molecular weight excluding hydrogens is 366 g/mol. The number of aromatic nitrogens is 2. The van der Waals surface area contributed by atoms with Crippen LogP contribution in [-0.2, 0) is 4.79 Å². The standard InChI is InChI=1S/C17H25N7O2S/c1-17(2,3)13(15(20)26)22-10-7-21-12(14(19)25)16(23-10)24-11(27)6-9(18)8-4-5-8/h7-8,13,18H,4-6H2,1-3H3,(H2,19,25)(H2,20,26)(H2,22,23,24,27). The van der Waals surface area contributed by atoms with Crippen LogP contribution in [-0.4, -0.2) is 38.5 Å². The van der Waals surface area contributed by atoms with Crippen molar-refractivity contribution in [3.05, 3.63) is 11.9 Å². The van der Waals surface area contributed by atoms with Crippen LogP contribution in [0.1, 0.15) is 50.5 Å². The number of amides is 2. The highest BCUT2D eigenvalue weighted by atomic mass is 32.1. The van der Waals surface area contributed by atoms with Crippen molar-refractivity contribution in [1.29, 1.82) is 5.41 Å². The molecule has 0 spiro atoms. The van der Waals surface area contributed by atoms with Gasteiger partial charge in [0.2, 0.25) is 5.91 Å². The zero-order valence-corrected chi connectivity index (χ0v) is 16.4. The number of carbonyl (C=O) groups is 2. The van der Waals surface area contributed by atoms with Crippen molar-refractivity contribution < 1.29 is 9.59 Å². The summed E-state index contributed by atoms with van der Waals surface area (Å²) in [6.07, 6.45) is 3.61. The maximum Gasteiger partial charge on any atom is 0.271 e. The Morgan fingerprint density at radius 2 is 2.00 bits per heavy atom. The number of hydrogen-bond donors (Lipinski definition) is 5. The molecule has 1 aliphatic rings. The van der Waals surface area contributed by atoms with E-state index in [1.807, 2.05) is 20.8 Å². The summed E-state index contributed by atoms with van der Waals surface area (Å²) in [7, 11) is 0. The molecule has 0 radical (unpaired) electrons. The Morgan fingerprint density at radius 1 is 1.37 bits per heavy atom. The molecule has 1 aromatic heterocycles. The van der Waals surface area contributed by atoms with E-state index in [1.165, 1.54) is 6.20 Å². The van der Waals surface area contributed by atoms with Crippen LogP contribution in [0.5, 0.6) is 0 Å². The molecule has 1 atom stereocenters. The lowest BCUT2D eigenvalue weighted by Crippen LogP contribution is -2.45. The minimum atomic E-state index is -0.765. The summed E-state index contributed by atoms with van der Waals surface area (Å²) < 4.78 is 0. The first-order valence-corrected chi connectivity index (χ1v) is 8.99. The fourth-order valence-electron chi connectivity index (χ4n) is 2.51. The summed E-state index contributed by atoms with van der Waals surface area (Å²) >= 11 is 5.27. The van der Waals surface area contributed by atoms with Crippen molar-refractivity contribution in [2.24, 2.45) is 22.8 Å². The van der Waals surface area contributed by atoms with E-state index >= 15 is 0 Å². The van der Waals surface area contributed by atoms with Gasteiger partial charge in [-0.3, -0.25) is 9.59 Å². The lowest BCUT2D eigenvalue weighted by atomic mass is 9.86. The minimum absolute atomic E-state index is 0.0766. The Bertz CT molecular complexity index is 784. The highest BCUT2D eigenvalue weighted by Gasteiger charge is 2.30. The lowest BCUT2D eigenvalue weighted by molar-refractivity contribution is -0.120. The Kier molecular flexibility index (Phi) is 6.09. The highest BCUT2D eigenvalue weighted by molar-refractivity contribution is 7.80. The number of primary amides is 2. The van der Waals surface area contributed by atoms with Gasteiger partial charge < -0.3 is 27.5 Å². The van der Waals surface area contributed by atoms with Gasteiger partial charge in [-0.15, -0.1) is 0 Å². The summed E-state index contributed by atoms with van der Waals surface area (Å²) in [5.41, 5.74) is 10.8. The molecule has 10 heteroatoms. The predicted octanol–water partition coefficient (Wildman–Crippen LogP) is 1.45. The molecule has 1 fully saturated rings. The molecule has 1 heterocycles. The Hall–Kier alpha value is -2.62. The number of anilines is 2. The first-order valence-electron chi connectivity index (χ1n) is 8.59. The van der Waals surface area contributed by atoms with Crippen LogP contribution >= 0.6 is 12.2 Å². The molecule has 146 valence electrons. The molecule has 9 nitrogen and oxygen atoms in total. The second-order valence-corrected chi connectivity index (χ2v) is 8.18. The van der Waals surface area contributed by atoms with E-state index in [0.717, 1.165) is 12.8 Å². The van der Waals surface area contributed by atoms with Crippen molar-refractivity contribution in [3.8, 4) is 0 Å². The van der Waals surface area contributed by atoms with Crippen LogP contribution in [0.25, 0.3) is 0 Å². The highest BCUT2D eigenvalue weighted by Crippen LogP contribution is 2.31. The number of nitrogens with zero attached hydrogens (tertiary/aromatic N) is 2. The average Bonchev–Trinajstić information content (AvgIpc) is 3.35. The van der Waals surface area contributed by atoms with Crippen LogP contribution in [0.2, 0.25) is 0 Å². The van der Waals surface area contributed by atoms with Crippen LogP contribution < -0.4 is 22.1 Å². The number of nitrogens with one attached hydrogen (secondary N) is 3. The van der Waals surface area contributed by atoms with Crippen molar-refractivity contribution in [2.45, 2.75) is 46.1 Å². The molecule has 7 N–H and O–H groups in total. The summed E-state index contributed by atoms with van der Waals surface area (Å²) in [4.78, 5) is 32.1. The summed E-state index contributed by atoms with van der Waals surface area (Å²) in [5.74, 6) is -0.674. The maximum atomic E-state index is 11.8. The average molecular weight is 392 g/mol. The SMILES string of the molecule is CC(C)(C)C(Nc1cnc(C(N)=O)c(NC(=S)CC(=N)C2CC2)n1)C(N)=O. The Balaban J connectivity index is 2.22. The van der Waals surface area contributed by atoms with Gasteiger partial charge in [-0.05, 0) is 24.2 Å². The zero-order valence-electron chi connectivity index (χ0n) is 15.6. The molecule has 2 rings (SSSR count). The van der Waals surface area contributed by atoms with E-state index in [9.17, 15) is 9.59 Å². The van der Waals surface area contributed by atoms with E-state index in [-0.39, 0.29) is 23.8 Å². The van der Waals surface area contributed by atoms with Crippen molar-refractivity contribution in [3.63, 3.8) is 0 Å². The fraction of sp³-hybridized carbons (Fsp3) is 0.529. The van der Waals surface area contributed by atoms with E-state index in [4.69, 9.17) is 29.1 Å². The molecule has 2 amide bonds. The zero-order chi connectivity index (χ0) is 20.4. The van der Waals surface area contributed by atoms with Gasteiger partial charge in [0.1, 0.15) is 11.9 Å². The maximum absolute atomic E-state index is 11.8. The molecule has 0 bridgehead atoms. The number of carbonyl (C=O) groups excluding carboxylic acids is 2. The first kappa shape index (κ1) is 20.7. The van der Waals surface area contributed by atoms with Crippen LogP contribution in [0, 0.1) is 16.7 Å². The van der Waals surface area contributed by atoms with Gasteiger partial charge in [0.25, 0.3) is 5.91 Å². The van der Waals surface area contributed by atoms with Gasteiger partial charge in [0.05, 0.1) is 11.2 Å². The molecule has 1 aliphatic carbocycles. The monoisotopic (exact) mass is 391 g/mol. The van der Waals surface area contributed by atoms with Gasteiger partial charge in [-0.1, -0.05) is 33.0 Å². The second-order valence-electron chi connectivity index (χ2n) is 7.69. The lowest BCUT2D eigenvalue weighted by Gasteiger charge is -2.29. The second kappa shape index (κ2) is 7.95.